The minimum absolute atomic E-state index is 0.0984. The van der Waals surface area contributed by atoms with Crippen LogP contribution in [0.5, 0.6) is 5.75 Å². The molecule has 0 saturated heterocycles. The average molecular weight is 269 g/mol. The monoisotopic (exact) mass is 269 g/mol. The molecule has 0 fully saturated rings. The maximum Gasteiger partial charge on any atom is 0.232 e. The summed E-state index contributed by atoms with van der Waals surface area (Å²) in [5.41, 5.74) is 2.39. The molecular formula is C17H19NO2. The Hall–Kier alpha value is -2.29. The molecule has 104 valence electrons. The molecule has 20 heavy (non-hydrogen) atoms. The van der Waals surface area contributed by atoms with Crippen molar-refractivity contribution in [2.75, 3.05) is 5.32 Å². The van der Waals surface area contributed by atoms with Gasteiger partial charge in [-0.05, 0) is 36.6 Å². The van der Waals surface area contributed by atoms with Crippen molar-refractivity contribution in [3.8, 4) is 5.75 Å². The van der Waals surface area contributed by atoms with Crippen molar-refractivity contribution >= 4 is 11.6 Å². The van der Waals surface area contributed by atoms with Crippen LogP contribution in [0.25, 0.3) is 0 Å². The zero-order valence-corrected chi connectivity index (χ0v) is 11.8. The van der Waals surface area contributed by atoms with Gasteiger partial charge in [0, 0.05) is 0 Å². The number of phenolic OH excluding ortho intramolecular Hbond substituents is 1. The van der Waals surface area contributed by atoms with Crippen molar-refractivity contribution in [1.29, 1.82) is 0 Å². The molecule has 2 N–H and O–H groups in total. The molecule has 0 aliphatic rings. The molecule has 0 saturated carbocycles. The number of carbonyl (C=O) groups is 1. The number of anilines is 1. The standard InChI is InChI=1S/C17H19NO2/c1-3-14(13-7-5-4-6-8-13)17(20)18-15-10-9-12(2)11-16(15)19/h4-11,14,19H,3H2,1-2H3,(H,18,20)/t14-/m1/s1. The number of aromatic hydroxyl groups is 1. The highest BCUT2D eigenvalue weighted by atomic mass is 16.3. The molecule has 2 aromatic rings. The lowest BCUT2D eigenvalue weighted by Gasteiger charge is -2.16. The summed E-state index contributed by atoms with van der Waals surface area (Å²) < 4.78 is 0. The minimum Gasteiger partial charge on any atom is -0.506 e. The number of amides is 1. The lowest BCUT2D eigenvalue weighted by molar-refractivity contribution is -0.117. The summed E-state index contributed by atoms with van der Waals surface area (Å²) in [7, 11) is 0. The van der Waals surface area contributed by atoms with E-state index in [1.165, 1.54) is 0 Å². The van der Waals surface area contributed by atoms with Gasteiger partial charge in [0.1, 0.15) is 5.75 Å². The number of aryl methyl sites for hydroxylation is 1. The summed E-state index contributed by atoms with van der Waals surface area (Å²) in [4.78, 5) is 12.4. The van der Waals surface area contributed by atoms with E-state index in [-0.39, 0.29) is 17.6 Å². The molecule has 3 heteroatoms. The Morgan fingerprint density at radius 2 is 1.90 bits per heavy atom. The van der Waals surface area contributed by atoms with Crippen LogP contribution in [0, 0.1) is 6.92 Å². The van der Waals surface area contributed by atoms with Crippen LogP contribution in [0.3, 0.4) is 0 Å². The largest absolute Gasteiger partial charge is 0.506 e. The summed E-state index contributed by atoms with van der Waals surface area (Å²) in [5.74, 6) is -0.212. The van der Waals surface area contributed by atoms with Crippen molar-refractivity contribution < 1.29 is 9.90 Å². The number of rotatable bonds is 4. The molecule has 2 rings (SSSR count). The number of benzene rings is 2. The van der Waals surface area contributed by atoms with E-state index in [4.69, 9.17) is 0 Å². The van der Waals surface area contributed by atoms with E-state index in [0.717, 1.165) is 11.1 Å². The van der Waals surface area contributed by atoms with Crippen molar-refractivity contribution in [3.63, 3.8) is 0 Å². The van der Waals surface area contributed by atoms with E-state index in [1.807, 2.05) is 50.2 Å². The van der Waals surface area contributed by atoms with Crippen molar-refractivity contribution in [2.24, 2.45) is 0 Å². The third-order valence-corrected chi connectivity index (χ3v) is 3.34. The summed E-state index contributed by atoms with van der Waals surface area (Å²) >= 11 is 0. The number of phenols is 1. The Bertz CT molecular complexity index is 593. The summed E-state index contributed by atoms with van der Waals surface area (Å²) in [6.07, 6.45) is 0.711. The van der Waals surface area contributed by atoms with Crippen molar-refractivity contribution in [1.82, 2.24) is 0 Å². The zero-order valence-electron chi connectivity index (χ0n) is 11.8. The Morgan fingerprint density at radius 3 is 2.50 bits per heavy atom. The van der Waals surface area contributed by atoms with Crippen LogP contribution in [0.1, 0.15) is 30.4 Å². The Balaban J connectivity index is 2.18. The van der Waals surface area contributed by atoms with E-state index < -0.39 is 0 Å². The second kappa shape index (κ2) is 6.24. The van der Waals surface area contributed by atoms with Crippen LogP contribution >= 0.6 is 0 Å². The molecule has 0 unspecified atom stereocenters. The van der Waals surface area contributed by atoms with Gasteiger partial charge < -0.3 is 10.4 Å². The van der Waals surface area contributed by atoms with E-state index >= 15 is 0 Å². The second-order valence-electron chi connectivity index (χ2n) is 4.88. The molecule has 0 aromatic heterocycles. The molecule has 0 aliphatic heterocycles. The van der Waals surface area contributed by atoms with Gasteiger partial charge in [-0.15, -0.1) is 0 Å². The Morgan fingerprint density at radius 1 is 1.20 bits per heavy atom. The van der Waals surface area contributed by atoms with Crippen molar-refractivity contribution in [3.05, 3.63) is 59.7 Å². The number of hydrogen-bond acceptors (Lipinski definition) is 2. The van der Waals surface area contributed by atoms with Crippen LogP contribution in [0.2, 0.25) is 0 Å². The fraction of sp³-hybridized carbons (Fsp3) is 0.235. The predicted molar refractivity (Wildman–Crippen MR) is 80.9 cm³/mol. The minimum atomic E-state index is -0.211. The van der Waals surface area contributed by atoms with Gasteiger partial charge >= 0.3 is 0 Å². The molecule has 0 bridgehead atoms. The van der Waals surface area contributed by atoms with Crippen LogP contribution < -0.4 is 5.32 Å². The summed E-state index contributed by atoms with van der Waals surface area (Å²) in [5, 5.41) is 12.6. The van der Waals surface area contributed by atoms with E-state index in [2.05, 4.69) is 5.32 Å². The highest BCUT2D eigenvalue weighted by Gasteiger charge is 2.19. The topological polar surface area (TPSA) is 49.3 Å². The third-order valence-electron chi connectivity index (χ3n) is 3.34. The molecule has 3 nitrogen and oxygen atoms in total. The molecule has 2 aromatic carbocycles. The first-order chi connectivity index (χ1) is 9.61. The quantitative estimate of drug-likeness (QED) is 0.829. The lowest BCUT2D eigenvalue weighted by Crippen LogP contribution is -2.20. The lowest BCUT2D eigenvalue weighted by atomic mass is 9.95. The first-order valence-electron chi connectivity index (χ1n) is 6.77. The molecule has 0 radical (unpaired) electrons. The first kappa shape index (κ1) is 14.1. The fourth-order valence-electron chi connectivity index (χ4n) is 2.23. The average Bonchev–Trinajstić information content (AvgIpc) is 2.44. The SMILES string of the molecule is CC[C@@H](C(=O)Nc1ccc(C)cc1O)c1ccccc1. The van der Waals surface area contributed by atoms with Crippen LogP contribution in [-0.2, 0) is 4.79 Å². The molecule has 1 amide bonds. The fourth-order valence-corrected chi connectivity index (χ4v) is 2.23. The van der Waals surface area contributed by atoms with E-state index in [9.17, 15) is 9.90 Å². The first-order valence-corrected chi connectivity index (χ1v) is 6.77. The molecular weight excluding hydrogens is 250 g/mol. The van der Waals surface area contributed by atoms with Crippen molar-refractivity contribution in [2.45, 2.75) is 26.2 Å². The second-order valence-corrected chi connectivity index (χ2v) is 4.88. The molecule has 0 spiro atoms. The van der Waals surface area contributed by atoms with Gasteiger partial charge in [0.15, 0.2) is 0 Å². The van der Waals surface area contributed by atoms with Gasteiger partial charge in [0.05, 0.1) is 11.6 Å². The summed E-state index contributed by atoms with van der Waals surface area (Å²) in [6.45, 7) is 3.87. The number of nitrogens with one attached hydrogen (secondary N) is 1. The van der Waals surface area contributed by atoms with Crippen LogP contribution in [0.15, 0.2) is 48.5 Å². The smallest absolute Gasteiger partial charge is 0.232 e. The molecule has 1 atom stereocenters. The predicted octanol–water partition coefficient (Wildman–Crippen LogP) is 3.83. The molecule has 0 heterocycles. The zero-order chi connectivity index (χ0) is 14.5. The van der Waals surface area contributed by atoms with Gasteiger partial charge in [-0.1, -0.05) is 43.3 Å². The third kappa shape index (κ3) is 3.18. The Kier molecular flexibility index (Phi) is 4.41. The van der Waals surface area contributed by atoms with E-state index in [0.29, 0.717) is 12.1 Å². The van der Waals surface area contributed by atoms with Gasteiger partial charge in [-0.25, -0.2) is 0 Å². The molecule has 0 aliphatic carbocycles. The van der Waals surface area contributed by atoms with E-state index in [1.54, 1.807) is 12.1 Å². The summed E-state index contributed by atoms with van der Waals surface area (Å²) in [6, 6.07) is 14.9. The number of hydrogen-bond donors (Lipinski definition) is 2. The highest BCUT2D eigenvalue weighted by molar-refractivity contribution is 5.96. The Labute approximate surface area is 119 Å². The maximum atomic E-state index is 12.4. The van der Waals surface area contributed by atoms with Crippen LogP contribution in [-0.4, -0.2) is 11.0 Å². The van der Waals surface area contributed by atoms with Gasteiger partial charge in [-0.2, -0.15) is 0 Å². The van der Waals surface area contributed by atoms with Gasteiger partial charge in [0.25, 0.3) is 0 Å². The van der Waals surface area contributed by atoms with Gasteiger partial charge in [-0.3, -0.25) is 4.79 Å². The normalized spacial score (nSPS) is 11.9. The maximum absolute atomic E-state index is 12.4. The van der Waals surface area contributed by atoms with Gasteiger partial charge in [0.2, 0.25) is 5.91 Å². The highest BCUT2D eigenvalue weighted by Crippen LogP contribution is 2.27. The van der Waals surface area contributed by atoms with Crippen LogP contribution in [0.4, 0.5) is 5.69 Å². The number of carbonyl (C=O) groups excluding carboxylic acids is 1.